The van der Waals surface area contributed by atoms with E-state index >= 15 is 0 Å². The third kappa shape index (κ3) is 4.67. The summed E-state index contributed by atoms with van der Waals surface area (Å²) in [4.78, 5) is 15.4. The van der Waals surface area contributed by atoms with E-state index in [1.807, 2.05) is 64.3 Å². The number of rotatable bonds is 6. The van der Waals surface area contributed by atoms with Gasteiger partial charge in [0.25, 0.3) is 0 Å². The average Bonchev–Trinajstić information content (AvgIpc) is 3.56. The molecule has 0 radical (unpaired) electrons. The molecule has 0 saturated carbocycles. The number of H-pyrrole nitrogens is 1. The predicted octanol–water partition coefficient (Wildman–Crippen LogP) is 1.39. The summed E-state index contributed by atoms with van der Waals surface area (Å²) in [6.07, 6.45) is 8.13. The molecule has 34 heavy (non-hydrogen) atoms. The van der Waals surface area contributed by atoms with Gasteiger partial charge in [-0.1, -0.05) is 12.1 Å². The number of aromatic amines is 1. The number of allylic oxidation sites excluding steroid dienone is 3. The monoisotopic (exact) mass is 536 g/mol. The molecule has 0 spiro atoms. The van der Waals surface area contributed by atoms with Crippen molar-refractivity contribution in [1.82, 2.24) is 20.0 Å². The minimum Gasteiger partial charge on any atom is -1.00 e. The number of Topliss-reactive ketones (excluding diaryl/α,β-unsaturated/α-hetero) is 1. The SMILES string of the molecule is CC1=C(n2nc(C)cc2C)C=CCN1c1cc(-c2ccc[n+](CC(=O)c3cccs3)c2)[nH]n1.[Br-]. The molecule has 1 N–H and O–H groups in total. The zero-order valence-electron chi connectivity index (χ0n) is 19.2. The molecule has 0 saturated heterocycles. The van der Waals surface area contributed by atoms with Gasteiger partial charge in [-0.15, -0.1) is 11.3 Å². The minimum absolute atomic E-state index is 0. The van der Waals surface area contributed by atoms with Crippen molar-refractivity contribution in [3.8, 4) is 11.3 Å². The van der Waals surface area contributed by atoms with Crippen LogP contribution in [0.2, 0.25) is 0 Å². The highest BCUT2D eigenvalue weighted by atomic mass is 79.9. The van der Waals surface area contributed by atoms with Gasteiger partial charge in [-0.3, -0.25) is 9.89 Å². The summed E-state index contributed by atoms with van der Waals surface area (Å²) in [6.45, 7) is 7.21. The molecule has 0 aromatic carbocycles. The highest BCUT2D eigenvalue weighted by Crippen LogP contribution is 2.28. The summed E-state index contributed by atoms with van der Waals surface area (Å²) in [5.41, 5.74) is 6.10. The van der Waals surface area contributed by atoms with Crippen molar-refractivity contribution in [3.05, 3.63) is 88.3 Å². The van der Waals surface area contributed by atoms with Crippen LogP contribution < -0.4 is 26.4 Å². The smallest absolute Gasteiger partial charge is 0.237 e. The van der Waals surface area contributed by atoms with Crippen molar-refractivity contribution in [2.45, 2.75) is 27.3 Å². The summed E-state index contributed by atoms with van der Waals surface area (Å²) in [7, 11) is 0. The zero-order chi connectivity index (χ0) is 22.9. The fourth-order valence-corrected chi connectivity index (χ4v) is 4.74. The van der Waals surface area contributed by atoms with Crippen molar-refractivity contribution >= 4 is 28.6 Å². The molecule has 0 atom stereocenters. The van der Waals surface area contributed by atoms with Crippen molar-refractivity contribution < 1.29 is 26.3 Å². The molecule has 9 heteroatoms. The van der Waals surface area contributed by atoms with Crippen LogP contribution in [0, 0.1) is 13.8 Å². The molecule has 0 unspecified atom stereocenters. The van der Waals surface area contributed by atoms with Gasteiger partial charge in [0.2, 0.25) is 12.3 Å². The molecular weight excluding hydrogens is 512 g/mol. The Labute approximate surface area is 212 Å². The van der Waals surface area contributed by atoms with Crippen LogP contribution in [0.3, 0.4) is 0 Å². The lowest BCUT2D eigenvalue weighted by atomic mass is 10.2. The highest BCUT2D eigenvalue weighted by molar-refractivity contribution is 7.12. The van der Waals surface area contributed by atoms with E-state index in [4.69, 9.17) is 0 Å². The van der Waals surface area contributed by atoms with E-state index in [0.29, 0.717) is 6.54 Å². The topological polar surface area (TPSA) is 70.7 Å². The van der Waals surface area contributed by atoms with E-state index in [9.17, 15) is 4.79 Å². The number of pyridine rings is 1. The molecule has 0 aliphatic carbocycles. The Morgan fingerprint density at radius 1 is 1.21 bits per heavy atom. The Morgan fingerprint density at radius 2 is 2.06 bits per heavy atom. The van der Waals surface area contributed by atoms with Crippen molar-refractivity contribution in [2.24, 2.45) is 0 Å². The Morgan fingerprint density at radius 3 is 2.79 bits per heavy atom. The quantitative estimate of drug-likeness (QED) is 0.298. The first-order valence-corrected chi connectivity index (χ1v) is 11.7. The van der Waals surface area contributed by atoms with E-state index in [-0.39, 0.29) is 22.8 Å². The number of carbonyl (C=O) groups is 1. The highest BCUT2D eigenvalue weighted by Gasteiger charge is 2.21. The number of carbonyl (C=O) groups excluding carboxylic acids is 1. The Kier molecular flexibility index (Phi) is 6.95. The van der Waals surface area contributed by atoms with Crippen molar-refractivity contribution in [3.63, 3.8) is 0 Å². The van der Waals surface area contributed by atoms with Crippen molar-refractivity contribution in [2.75, 3.05) is 11.4 Å². The summed E-state index contributed by atoms with van der Waals surface area (Å²) in [6, 6.07) is 11.9. The van der Waals surface area contributed by atoms with Crippen LogP contribution in [0.25, 0.3) is 17.0 Å². The summed E-state index contributed by atoms with van der Waals surface area (Å²) in [5, 5.41) is 14.3. The normalized spacial score (nSPS) is 13.3. The lowest BCUT2D eigenvalue weighted by molar-refractivity contribution is -0.682. The largest absolute Gasteiger partial charge is 1.00 e. The molecule has 7 nitrogen and oxygen atoms in total. The summed E-state index contributed by atoms with van der Waals surface area (Å²) >= 11 is 1.47. The number of aryl methyl sites for hydroxylation is 2. The maximum Gasteiger partial charge on any atom is 0.237 e. The van der Waals surface area contributed by atoms with Gasteiger partial charge in [-0.05, 0) is 50.4 Å². The Hall–Kier alpha value is -3.30. The van der Waals surface area contributed by atoms with Crippen LogP contribution >= 0.6 is 11.3 Å². The lowest BCUT2D eigenvalue weighted by Crippen LogP contribution is -3.00. The number of hydrogen-bond donors (Lipinski definition) is 1. The molecule has 5 rings (SSSR count). The van der Waals surface area contributed by atoms with Crippen LogP contribution in [0.15, 0.2) is 72.0 Å². The molecule has 0 bridgehead atoms. The third-order valence-electron chi connectivity index (χ3n) is 5.71. The second-order valence-corrected chi connectivity index (χ2v) is 9.08. The van der Waals surface area contributed by atoms with Gasteiger partial charge in [-0.2, -0.15) is 14.8 Å². The van der Waals surface area contributed by atoms with Crippen LogP contribution in [0.1, 0.15) is 28.0 Å². The Balaban J connectivity index is 0.00000274. The van der Waals surface area contributed by atoms with E-state index in [1.165, 1.54) is 11.3 Å². The van der Waals surface area contributed by atoms with Gasteiger partial charge in [0.15, 0.2) is 18.2 Å². The number of hydrogen-bond acceptors (Lipinski definition) is 5. The number of nitrogens with one attached hydrogen (secondary N) is 1. The maximum atomic E-state index is 12.5. The zero-order valence-corrected chi connectivity index (χ0v) is 21.6. The number of thiophene rings is 1. The summed E-state index contributed by atoms with van der Waals surface area (Å²) < 4.78 is 3.89. The number of halogens is 1. The molecule has 174 valence electrons. The van der Waals surface area contributed by atoms with Crippen LogP contribution in [-0.2, 0) is 6.54 Å². The first-order valence-electron chi connectivity index (χ1n) is 10.8. The first kappa shape index (κ1) is 23.8. The molecule has 1 aliphatic heterocycles. The number of anilines is 1. The van der Waals surface area contributed by atoms with Gasteiger partial charge in [0, 0.05) is 30.1 Å². The van der Waals surface area contributed by atoms with E-state index < -0.39 is 0 Å². The van der Waals surface area contributed by atoms with E-state index in [1.54, 1.807) is 0 Å². The van der Waals surface area contributed by atoms with Gasteiger partial charge < -0.3 is 21.9 Å². The maximum absolute atomic E-state index is 12.5. The number of ketones is 1. The molecule has 0 amide bonds. The van der Waals surface area contributed by atoms with Gasteiger partial charge in [-0.25, -0.2) is 4.68 Å². The standard InChI is InChI=1S/C25H25N6OS.BrH/c1-17-13-18(2)31(28-17)22-8-5-11-30(19(22)3)25-14-21(26-27-25)20-7-4-10-29(15-20)16-23(32)24-9-6-12-33-24;/h4-10,12-15H,11,16H2,1-3H3,(H,26,27);1H/q+1;/p-1. The lowest BCUT2D eigenvalue weighted by Gasteiger charge is -2.27. The van der Waals surface area contributed by atoms with Gasteiger partial charge >= 0.3 is 0 Å². The predicted molar refractivity (Wildman–Crippen MR) is 130 cm³/mol. The molecule has 0 fully saturated rings. The molecular formula is C25H25BrN6OS. The third-order valence-corrected chi connectivity index (χ3v) is 6.62. The Bertz CT molecular complexity index is 1380. The first-order chi connectivity index (χ1) is 16.0. The second kappa shape index (κ2) is 9.90. The number of aromatic nitrogens is 5. The number of nitrogens with zero attached hydrogens (tertiary/aromatic N) is 5. The molecule has 5 heterocycles. The second-order valence-electron chi connectivity index (χ2n) is 8.13. The van der Waals surface area contributed by atoms with Crippen LogP contribution in [0.5, 0.6) is 0 Å². The van der Waals surface area contributed by atoms with E-state index in [2.05, 4.69) is 52.3 Å². The van der Waals surface area contributed by atoms with E-state index in [0.717, 1.165) is 51.3 Å². The summed E-state index contributed by atoms with van der Waals surface area (Å²) in [5.74, 6) is 0.950. The van der Waals surface area contributed by atoms with Gasteiger partial charge in [0.1, 0.15) is 0 Å². The van der Waals surface area contributed by atoms with Crippen LogP contribution in [0.4, 0.5) is 5.82 Å². The molecule has 4 aromatic rings. The minimum atomic E-state index is 0. The van der Waals surface area contributed by atoms with Crippen LogP contribution in [-0.4, -0.2) is 32.3 Å². The molecule has 1 aliphatic rings. The fraction of sp³-hybridized carbons (Fsp3) is 0.200. The fourth-order valence-electron chi connectivity index (χ4n) is 4.09. The average molecular weight is 537 g/mol. The van der Waals surface area contributed by atoms with Crippen molar-refractivity contribution in [1.29, 1.82) is 0 Å². The van der Waals surface area contributed by atoms with Gasteiger partial charge in [0.05, 0.1) is 27.5 Å². The molecule has 4 aromatic heterocycles.